The second-order valence-corrected chi connectivity index (χ2v) is 4.70. The molecule has 1 rings (SSSR count). The molecule has 15 heavy (non-hydrogen) atoms. The number of carbonyl (C=O) groups is 1. The molecule has 0 bridgehead atoms. The largest absolute Gasteiger partial charge is 0.409 e. The Balaban J connectivity index is 2.49. The lowest BCUT2D eigenvalue weighted by atomic mass is 10.0. The van der Waals surface area contributed by atoms with Crippen LogP contribution >= 0.6 is 11.8 Å². The third-order valence-corrected chi connectivity index (χ3v) is 3.64. The number of thioether (sulfide) groups is 1. The number of hydrogen-bond acceptors (Lipinski definition) is 4. The van der Waals surface area contributed by atoms with Crippen LogP contribution in [0.25, 0.3) is 0 Å². The number of rotatable bonds is 4. The summed E-state index contributed by atoms with van der Waals surface area (Å²) in [5.41, 5.74) is 5.44. The Hall–Kier alpha value is -0.910. The van der Waals surface area contributed by atoms with E-state index < -0.39 is 5.92 Å². The third kappa shape index (κ3) is 3.30. The minimum atomic E-state index is -0.513. The van der Waals surface area contributed by atoms with Gasteiger partial charge in [0, 0.05) is 11.8 Å². The highest BCUT2D eigenvalue weighted by atomic mass is 32.2. The molecule has 6 heteroatoms. The van der Waals surface area contributed by atoms with Gasteiger partial charge < -0.3 is 16.3 Å². The van der Waals surface area contributed by atoms with Crippen LogP contribution in [0.5, 0.6) is 0 Å². The molecular weight excluding hydrogens is 214 g/mol. The fourth-order valence-electron chi connectivity index (χ4n) is 1.55. The predicted molar refractivity (Wildman–Crippen MR) is 61.1 cm³/mol. The van der Waals surface area contributed by atoms with Crippen molar-refractivity contribution in [1.29, 1.82) is 0 Å². The molecule has 5 nitrogen and oxygen atoms in total. The van der Waals surface area contributed by atoms with Gasteiger partial charge in [0.05, 0.1) is 5.92 Å². The van der Waals surface area contributed by atoms with Crippen molar-refractivity contribution in [3.8, 4) is 0 Å². The molecular formula is C9H17N3O2S. The summed E-state index contributed by atoms with van der Waals surface area (Å²) in [5, 5.41) is 14.3. The number of nitrogens with zero attached hydrogens (tertiary/aromatic N) is 1. The Labute approximate surface area is 93.5 Å². The zero-order chi connectivity index (χ0) is 11.3. The molecule has 0 saturated carbocycles. The van der Waals surface area contributed by atoms with Gasteiger partial charge in [0.15, 0.2) is 5.84 Å². The molecule has 0 radical (unpaired) electrons. The van der Waals surface area contributed by atoms with Crippen molar-refractivity contribution in [2.24, 2.45) is 16.8 Å². The molecule has 0 aromatic carbocycles. The summed E-state index contributed by atoms with van der Waals surface area (Å²) in [7, 11) is 0. The fraction of sp³-hybridized carbons (Fsp3) is 0.778. The van der Waals surface area contributed by atoms with Gasteiger partial charge in [0.1, 0.15) is 0 Å². The van der Waals surface area contributed by atoms with Crippen LogP contribution in [0.15, 0.2) is 5.16 Å². The molecule has 0 aromatic rings. The van der Waals surface area contributed by atoms with Crippen LogP contribution in [0.2, 0.25) is 0 Å². The van der Waals surface area contributed by atoms with Gasteiger partial charge in [-0.3, -0.25) is 4.79 Å². The molecule has 0 aromatic heterocycles. The molecule has 1 aliphatic rings. The van der Waals surface area contributed by atoms with E-state index in [1.807, 2.05) is 18.7 Å². The highest BCUT2D eigenvalue weighted by molar-refractivity contribution is 7.99. The smallest absolute Gasteiger partial charge is 0.231 e. The first-order chi connectivity index (χ1) is 7.19. The Morgan fingerprint density at radius 3 is 3.00 bits per heavy atom. The van der Waals surface area contributed by atoms with Gasteiger partial charge in [-0.15, -0.1) is 0 Å². The van der Waals surface area contributed by atoms with Crippen molar-refractivity contribution in [2.45, 2.75) is 25.8 Å². The maximum atomic E-state index is 11.7. The minimum absolute atomic E-state index is 0.0133. The molecule has 1 heterocycles. The van der Waals surface area contributed by atoms with Crippen molar-refractivity contribution in [1.82, 2.24) is 5.32 Å². The van der Waals surface area contributed by atoms with Gasteiger partial charge in [-0.05, 0) is 18.6 Å². The van der Waals surface area contributed by atoms with Crippen LogP contribution < -0.4 is 11.1 Å². The van der Waals surface area contributed by atoms with E-state index >= 15 is 0 Å². The van der Waals surface area contributed by atoms with Gasteiger partial charge in [0.2, 0.25) is 5.91 Å². The van der Waals surface area contributed by atoms with E-state index in [2.05, 4.69) is 10.5 Å². The maximum absolute atomic E-state index is 11.7. The number of amidine groups is 1. The summed E-state index contributed by atoms with van der Waals surface area (Å²) in [4.78, 5) is 11.7. The number of oxime groups is 1. The lowest BCUT2D eigenvalue weighted by Crippen LogP contribution is -2.43. The number of nitrogens with two attached hydrogens (primary N) is 1. The van der Waals surface area contributed by atoms with Crippen molar-refractivity contribution in [2.75, 3.05) is 11.5 Å². The molecule has 0 aliphatic carbocycles. The third-order valence-electron chi connectivity index (χ3n) is 2.47. The van der Waals surface area contributed by atoms with Crippen LogP contribution in [0, 0.1) is 5.92 Å². The first kappa shape index (κ1) is 12.2. The molecule has 1 fully saturated rings. The number of nitrogens with one attached hydrogen (secondary N) is 1. The van der Waals surface area contributed by atoms with Crippen LogP contribution in [0.4, 0.5) is 0 Å². The molecule has 2 atom stereocenters. The molecule has 0 spiro atoms. The average Bonchev–Trinajstić information content (AvgIpc) is 2.71. The van der Waals surface area contributed by atoms with E-state index in [0.717, 1.165) is 17.9 Å². The van der Waals surface area contributed by atoms with Crippen molar-refractivity contribution in [3.05, 3.63) is 0 Å². The van der Waals surface area contributed by atoms with E-state index in [9.17, 15) is 4.79 Å². The Morgan fingerprint density at radius 2 is 2.53 bits per heavy atom. The van der Waals surface area contributed by atoms with E-state index in [1.54, 1.807) is 0 Å². The molecule has 1 amide bonds. The molecule has 2 unspecified atom stereocenters. The van der Waals surface area contributed by atoms with Gasteiger partial charge in [0.25, 0.3) is 0 Å². The van der Waals surface area contributed by atoms with E-state index in [-0.39, 0.29) is 17.8 Å². The first-order valence-electron chi connectivity index (χ1n) is 5.04. The van der Waals surface area contributed by atoms with E-state index in [0.29, 0.717) is 6.42 Å². The Morgan fingerprint density at radius 1 is 1.80 bits per heavy atom. The van der Waals surface area contributed by atoms with Crippen LogP contribution in [-0.4, -0.2) is 34.5 Å². The summed E-state index contributed by atoms with van der Waals surface area (Å²) in [6, 6.07) is 0.239. The quantitative estimate of drug-likeness (QED) is 0.282. The van der Waals surface area contributed by atoms with Crippen LogP contribution in [-0.2, 0) is 4.79 Å². The average molecular weight is 231 g/mol. The normalized spacial score (nSPS) is 23.8. The number of amides is 1. The van der Waals surface area contributed by atoms with Gasteiger partial charge in [-0.2, -0.15) is 11.8 Å². The highest BCUT2D eigenvalue weighted by Crippen LogP contribution is 2.17. The topological polar surface area (TPSA) is 87.7 Å². The summed E-state index contributed by atoms with van der Waals surface area (Å²) in [6.07, 6.45) is 1.55. The predicted octanol–water partition coefficient (Wildman–Crippen LogP) is 0.381. The van der Waals surface area contributed by atoms with E-state index in [4.69, 9.17) is 10.9 Å². The SMILES string of the molecule is CCC(C(=O)NC1CCSC1)C(N)=NO. The lowest BCUT2D eigenvalue weighted by Gasteiger charge is -2.16. The fourth-order valence-corrected chi connectivity index (χ4v) is 2.70. The number of hydrogen-bond donors (Lipinski definition) is 3. The minimum Gasteiger partial charge on any atom is -0.409 e. The standard InChI is InChI=1S/C9H17N3O2S/c1-2-7(8(10)12-14)9(13)11-6-3-4-15-5-6/h6-7,14H,2-5H2,1H3,(H2,10,12)(H,11,13). The number of carbonyl (C=O) groups excluding carboxylic acids is 1. The highest BCUT2D eigenvalue weighted by Gasteiger charge is 2.25. The summed E-state index contributed by atoms with van der Waals surface area (Å²) in [6.45, 7) is 1.84. The second-order valence-electron chi connectivity index (χ2n) is 3.55. The van der Waals surface area contributed by atoms with Crippen LogP contribution in [0.1, 0.15) is 19.8 Å². The van der Waals surface area contributed by atoms with E-state index in [1.165, 1.54) is 0 Å². The lowest BCUT2D eigenvalue weighted by molar-refractivity contribution is -0.123. The van der Waals surface area contributed by atoms with Crippen LogP contribution in [0.3, 0.4) is 0 Å². The zero-order valence-corrected chi connectivity index (χ0v) is 9.59. The molecule has 1 aliphatic heterocycles. The van der Waals surface area contributed by atoms with Crippen molar-refractivity contribution < 1.29 is 10.0 Å². The van der Waals surface area contributed by atoms with Gasteiger partial charge in [-0.1, -0.05) is 12.1 Å². The molecule has 4 N–H and O–H groups in total. The monoisotopic (exact) mass is 231 g/mol. The first-order valence-corrected chi connectivity index (χ1v) is 6.20. The molecule has 1 saturated heterocycles. The summed E-state index contributed by atoms with van der Waals surface area (Å²) < 4.78 is 0. The Kier molecular flexibility index (Phi) is 4.74. The summed E-state index contributed by atoms with van der Waals surface area (Å²) in [5.74, 6) is 1.38. The summed E-state index contributed by atoms with van der Waals surface area (Å²) >= 11 is 1.83. The maximum Gasteiger partial charge on any atom is 0.231 e. The van der Waals surface area contributed by atoms with Crippen molar-refractivity contribution >= 4 is 23.5 Å². The van der Waals surface area contributed by atoms with Gasteiger partial charge >= 0.3 is 0 Å². The second kappa shape index (κ2) is 5.85. The zero-order valence-electron chi connectivity index (χ0n) is 8.77. The Bertz CT molecular complexity index is 252. The van der Waals surface area contributed by atoms with Gasteiger partial charge in [-0.25, -0.2) is 0 Å². The van der Waals surface area contributed by atoms with Crippen molar-refractivity contribution in [3.63, 3.8) is 0 Å². The molecule has 86 valence electrons.